The third-order valence-corrected chi connectivity index (χ3v) is 10.3. The number of anilines is 1. The molecule has 9 nitrogen and oxygen atoms in total. The molecule has 12 heteroatoms. The molecule has 1 aliphatic carbocycles. The van der Waals surface area contributed by atoms with Gasteiger partial charge in [0.1, 0.15) is 24.1 Å². The van der Waals surface area contributed by atoms with Gasteiger partial charge in [0.25, 0.3) is 10.0 Å². The Morgan fingerprint density at radius 3 is 2.16 bits per heavy atom. The SMILES string of the molecule is COc1ccc(S(=O)(=O)N(CC(=O)N(Cc2c(Cl)cccc2Cl)C(C)C(=O)NC2CCCCC2)c2ccccc2OC)cc1. The minimum atomic E-state index is -4.30. The Kier molecular flexibility index (Phi) is 11.4. The van der Waals surface area contributed by atoms with E-state index in [1.165, 1.54) is 43.4 Å². The van der Waals surface area contributed by atoms with Crippen molar-refractivity contribution in [3.63, 3.8) is 0 Å². The van der Waals surface area contributed by atoms with Crippen LogP contribution in [0.2, 0.25) is 10.0 Å². The average Bonchev–Trinajstić information content (AvgIpc) is 3.03. The summed E-state index contributed by atoms with van der Waals surface area (Å²) in [5.41, 5.74) is 0.609. The van der Waals surface area contributed by atoms with E-state index in [9.17, 15) is 18.0 Å². The predicted molar refractivity (Wildman–Crippen MR) is 172 cm³/mol. The van der Waals surface area contributed by atoms with Crippen LogP contribution in [-0.4, -0.2) is 58.0 Å². The van der Waals surface area contributed by atoms with Gasteiger partial charge in [0.05, 0.1) is 24.8 Å². The van der Waals surface area contributed by atoms with Crippen LogP contribution >= 0.6 is 23.2 Å². The number of ether oxygens (including phenoxy) is 2. The van der Waals surface area contributed by atoms with Gasteiger partial charge >= 0.3 is 0 Å². The molecule has 3 aromatic rings. The number of hydrogen-bond donors (Lipinski definition) is 1. The summed E-state index contributed by atoms with van der Waals surface area (Å²) in [6.07, 6.45) is 4.90. The lowest BCUT2D eigenvalue weighted by atomic mass is 9.95. The standard InChI is InChI=1S/C32H37Cl2N3O6S/c1-22(32(39)35-23-10-5-4-6-11-23)36(20-26-27(33)12-9-13-28(26)34)31(38)21-37(29-14-7-8-15-30(29)43-3)44(40,41)25-18-16-24(42-2)17-19-25/h7-9,12-19,22-23H,4-6,10-11,20-21H2,1-3H3,(H,35,39). The molecule has 2 amide bonds. The molecular formula is C32H37Cl2N3O6S. The van der Waals surface area contributed by atoms with Crippen LogP contribution in [0.4, 0.5) is 5.69 Å². The second-order valence-electron chi connectivity index (χ2n) is 10.6. The Balaban J connectivity index is 1.74. The maximum Gasteiger partial charge on any atom is 0.264 e. The Morgan fingerprint density at radius 1 is 0.909 bits per heavy atom. The van der Waals surface area contributed by atoms with Crippen molar-refractivity contribution in [2.24, 2.45) is 0 Å². The molecule has 236 valence electrons. The number of halogens is 2. The summed E-state index contributed by atoms with van der Waals surface area (Å²) in [7, 11) is -1.40. The van der Waals surface area contributed by atoms with Gasteiger partial charge in [-0.15, -0.1) is 0 Å². The number of para-hydroxylation sites is 2. The Labute approximate surface area is 269 Å². The van der Waals surface area contributed by atoms with E-state index >= 15 is 0 Å². The van der Waals surface area contributed by atoms with E-state index in [0.29, 0.717) is 21.4 Å². The number of nitrogens with zero attached hydrogens (tertiary/aromatic N) is 2. The van der Waals surface area contributed by atoms with E-state index in [-0.39, 0.29) is 34.8 Å². The number of rotatable bonds is 12. The second kappa shape index (κ2) is 15.0. The smallest absolute Gasteiger partial charge is 0.264 e. The Morgan fingerprint density at radius 2 is 1.55 bits per heavy atom. The summed E-state index contributed by atoms with van der Waals surface area (Å²) in [4.78, 5) is 29.0. The zero-order valence-electron chi connectivity index (χ0n) is 25.0. The van der Waals surface area contributed by atoms with E-state index in [4.69, 9.17) is 32.7 Å². The van der Waals surface area contributed by atoms with Crippen molar-refractivity contribution in [1.82, 2.24) is 10.2 Å². The minimum Gasteiger partial charge on any atom is -0.497 e. The van der Waals surface area contributed by atoms with Crippen LogP contribution in [-0.2, 0) is 26.2 Å². The summed E-state index contributed by atoms with van der Waals surface area (Å²) in [5.74, 6) is -0.240. The number of hydrogen-bond acceptors (Lipinski definition) is 6. The fraction of sp³-hybridized carbons (Fsp3) is 0.375. The maximum absolute atomic E-state index is 14.3. The van der Waals surface area contributed by atoms with Crippen molar-refractivity contribution in [1.29, 1.82) is 0 Å². The van der Waals surface area contributed by atoms with E-state index < -0.39 is 28.5 Å². The van der Waals surface area contributed by atoms with Crippen molar-refractivity contribution >= 4 is 50.7 Å². The molecule has 0 aliphatic heterocycles. The number of amides is 2. The summed E-state index contributed by atoms with van der Waals surface area (Å²) < 4.78 is 39.9. The molecule has 0 bridgehead atoms. The van der Waals surface area contributed by atoms with Gasteiger partial charge < -0.3 is 19.7 Å². The molecular weight excluding hydrogens is 625 g/mol. The highest BCUT2D eigenvalue weighted by molar-refractivity contribution is 7.92. The summed E-state index contributed by atoms with van der Waals surface area (Å²) in [6.45, 7) is 0.878. The zero-order valence-corrected chi connectivity index (χ0v) is 27.3. The molecule has 1 aliphatic rings. The minimum absolute atomic E-state index is 0.0140. The van der Waals surface area contributed by atoms with Crippen LogP contribution in [0.25, 0.3) is 0 Å². The molecule has 0 aromatic heterocycles. The highest BCUT2D eigenvalue weighted by Crippen LogP contribution is 2.33. The van der Waals surface area contributed by atoms with Crippen LogP contribution in [0.3, 0.4) is 0 Å². The van der Waals surface area contributed by atoms with Gasteiger partial charge in [0.2, 0.25) is 11.8 Å². The fourth-order valence-corrected chi connectivity index (χ4v) is 7.17. The van der Waals surface area contributed by atoms with Crippen LogP contribution in [0, 0.1) is 0 Å². The molecule has 1 fully saturated rings. The Hall–Kier alpha value is -3.47. The lowest BCUT2D eigenvalue weighted by Crippen LogP contribution is -2.53. The second-order valence-corrected chi connectivity index (χ2v) is 13.3. The number of benzene rings is 3. The monoisotopic (exact) mass is 661 g/mol. The van der Waals surface area contributed by atoms with E-state index in [2.05, 4.69) is 5.32 Å². The predicted octanol–water partition coefficient (Wildman–Crippen LogP) is 6.07. The molecule has 0 saturated heterocycles. The number of carbonyl (C=O) groups is 2. The molecule has 44 heavy (non-hydrogen) atoms. The topological polar surface area (TPSA) is 105 Å². The van der Waals surface area contributed by atoms with E-state index in [1.807, 2.05) is 0 Å². The van der Waals surface area contributed by atoms with Crippen LogP contribution in [0.15, 0.2) is 71.6 Å². The lowest BCUT2D eigenvalue weighted by Gasteiger charge is -2.33. The van der Waals surface area contributed by atoms with E-state index in [0.717, 1.165) is 36.4 Å². The first-order valence-corrected chi connectivity index (χ1v) is 16.6. The summed E-state index contributed by atoms with van der Waals surface area (Å²) in [6, 6.07) is 16.4. The molecule has 1 N–H and O–H groups in total. The van der Waals surface area contributed by atoms with Gasteiger partial charge in [-0.25, -0.2) is 8.42 Å². The van der Waals surface area contributed by atoms with Crippen molar-refractivity contribution in [2.75, 3.05) is 25.1 Å². The van der Waals surface area contributed by atoms with Gasteiger partial charge in [-0.2, -0.15) is 0 Å². The quantitative estimate of drug-likeness (QED) is 0.253. The first kappa shape index (κ1) is 33.4. The average molecular weight is 663 g/mol. The first-order valence-electron chi connectivity index (χ1n) is 14.4. The number of carbonyl (C=O) groups excluding carboxylic acids is 2. The van der Waals surface area contributed by atoms with Gasteiger partial charge in [0, 0.05) is 28.2 Å². The molecule has 3 aromatic carbocycles. The third kappa shape index (κ3) is 7.78. The highest BCUT2D eigenvalue weighted by atomic mass is 35.5. The van der Waals surface area contributed by atoms with Gasteiger partial charge in [-0.1, -0.05) is 60.7 Å². The lowest BCUT2D eigenvalue weighted by molar-refractivity contribution is -0.139. The highest BCUT2D eigenvalue weighted by Gasteiger charge is 2.35. The summed E-state index contributed by atoms with van der Waals surface area (Å²) in [5, 5.41) is 3.72. The van der Waals surface area contributed by atoms with Crippen LogP contribution in [0.1, 0.15) is 44.6 Å². The number of nitrogens with one attached hydrogen (secondary N) is 1. The van der Waals surface area contributed by atoms with E-state index in [1.54, 1.807) is 49.4 Å². The first-order chi connectivity index (χ1) is 21.1. The number of sulfonamides is 1. The molecule has 1 unspecified atom stereocenters. The van der Waals surface area contributed by atoms with Crippen molar-refractivity contribution in [3.8, 4) is 11.5 Å². The summed E-state index contributed by atoms with van der Waals surface area (Å²) >= 11 is 13.0. The maximum atomic E-state index is 14.3. The third-order valence-electron chi connectivity index (χ3n) is 7.79. The number of methoxy groups -OCH3 is 2. The molecule has 1 atom stereocenters. The van der Waals surface area contributed by atoms with Gasteiger partial charge in [0.15, 0.2) is 0 Å². The van der Waals surface area contributed by atoms with Crippen LogP contribution < -0.4 is 19.1 Å². The molecule has 0 radical (unpaired) electrons. The van der Waals surface area contributed by atoms with Crippen LogP contribution in [0.5, 0.6) is 11.5 Å². The van der Waals surface area contributed by atoms with Crippen molar-refractivity contribution in [3.05, 3.63) is 82.3 Å². The fourth-order valence-electron chi connectivity index (χ4n) is 5.23. The molecule has 0 spiro atoms. The normalized spacial score (nSPS) is 14.4. The van der Waals surface area contributed by atoms with Crippen molar-refractivity contribution in [2.45, 2.75) is 62.6 Å². The van der Waals surface area contributed by atoms with Gasteiger partial charge in [-0.05, 0) is 68.3 Å². The Bertz CT molecular complexity index is 1540. The molecule has 0 heterocycles. The molecule has 4 rings (SSSR count). The van der Waals surface area contributed by atoms with Crippen molar-refractivity contribution < 1.29 is 27.5 Å². The van der Waals surface area contributed by atoms with Gasteiger partial charge in [-0.3, -0.25) is 13.9 Å². The zero-order chi connectivity index (χ0) is 31.9. The molecule has 1 saturated carbocycles. The largest absolute Gasteiger partial charge is 0.497 e.